The van der Waals surface area contributed by atoms with Gasteiger partial charge in [0.15, 0.2) is 5.69 Å². The lowest BCUT2D eigenvalue weighted by molar-refractivity contribution is -0.143. The summed E-state index contributed by atoms with van der Waals surface area (Å²) in [4.78, 5) is 38.2. The smallest absolute Gasteiger partial charge is 0.307 e. The van der Waals surface area contributed by atoms with Crippen molar-refractivity contribution >= 4 is 17.8 Å². The second-order valence-electron chi connectivity index (χ2n) is 12.2. The Morgan fingerprint density at radius 2 is 1.74 bits per heavy atom. The van der Waals surface area contributed by atoms with Crippen molar-refractivity contribution in [3.63, 3.8) is 0 Å². The van der Waals surface area contributed by atoms with Gasteiger partial charge in [-0.2, -0.15) is 5.10 Å². The molecule has 3 aromatic rings. The lowest BCUT2D eigenvalue weighted by Crippen LogP contribution is -2.40. The fraction of sp³-hybridized carbons (Fsp3) is 0.500. The number of benzene rings is 2. The predicted octanol–water partition coefficient (Wildman–Crippen LogP) is 6.25. The molecule has 0 saturated heterocycles. The molecule has 1 unspecified atom stereocenters. The maximum atomic E-state index is 13.8. The summed E-state index contributed by atoms with van der Waals surface area (Å²) < 4.78 is 19.1. The Hall–Kier alpha value is -4.34. The largest absolute Gasteiger partial charge is 0.496 e. The van der Waals surface area contributed by atoms with Crippen LogP contribution in [0, 0.1) is 5.92 Å². The van der Waals surface area contributed by atoms with Crippen LogP contribution in [0.5, 0.6) is 11.5 Å². The molecule has 1 aliphatic rings. The van der Waals surface area contributed by atoms with Gasteiger partial charge < -0.3 is 24.8 Å². The van der Waals surface area contributed by atoms with Gasteiger partial charge in [-0.3, -0.25) is 19.1 Å². The quantitative estimate of drug-likeness (QED) is 0.179. The number of hydrogen-bond donors (Lipinski definition) is 2. The Balaban J connectivity index is 1.59. The van der Waals surface area contributed by atoms with Crippen molar-refractivity contribution in [3.8, 4) is 22.8 Å². The van der Waals surface area contributed by atoms with Gasteiger partial charge in [-0.25, -0.2) is 0 Å². The topological polar surface area (TPSA) is 121 Å². The molecule has 248 valence electrons. The molecule has 2 N–H and O–H groups in total. The number of nitrogens with zero attached hydrogens (tertiary/aromatic N) is 2. The maximum absolute atomic E-state index is 13.8. The number of ether oxygens (including phenoxy) is 3. The van der Waals surface area contributed by atoms with Gasteiger partial charge in [0.05, 0.1) is 37.4 Å². The van der Waals surface area contributed by atoms with E-state index in [4.69, 9.17) is 19.3 Å². The zero-order valence-corrected chi connectivity index (χ0v) is 27.6. The molecule has 2 amide bonds. The highest BCUT2D eigenvalue weighted by molar-refractivity contribution is 5.94. The second kappa shape index (κ2) is 17.4. The van der Waals surface area contributed by atoms with Crippen LogP contribution in [0.2, 0.25) is 0 Å². The van der Waals surface area contributed by atoms with Crippen molar-refractivity contribution in [1.82, 2.24) is 20.4 Å². The second-order valence-corrected chi connectivity index (χ2v) is 12.2. The van der Waals surface area contributed by atoms with Crippen molar-refractivity contribution in [2.75, 3.05) is 20.3 Å². The van der Waals surface area contributed by atoms with Gasteiger partial charge in [-0.05, 0) is 55.9 Å². The number of esters is 1. The molecule has 1 atom stereocenters. The Morgan fingerprint density at radius 3 is 2.43 bits per heavy atom. The van der Waals surface area contributed by atoms with Gasteiger partial charge >= 0.3 is 5.97 Å². The highest BCUT2D eigenvalue weighted by Crippen LogP contribution is 2.42. The number of methoxy groups -OCH3 is 1. The van der Waals surface area contributed by atoms with Crippen LogP contribution in [0.4, 0.5) is 0 Å². The number of amides is 2. The molecule has 0 aliphatic heterocycles. The first-order valence-electron chi connectivity index (χ1n) is 16.5. The molecule has 0 spiro atoms. The molecule has 0 bridgehead atoms. The SMILES string of the molecule is CCOC(=O)CCNC(=O)CC(CC(C)C)NC(=O)c1cc(-c2c(OC)cccc2OCc2ccccc2)n(C2CCCCC2)n1. The van der Waals surface area contributed by atoms with E-state index in [1.807, 2.05) is 73.1 Å². The van der Waals surface area contributed by atoms with Crippen LogP contribution in [0.3, 0.4) is 0 Å². The van der Waals surface area contributed by atoms with E-state index in [0.29, 0.717) is 31.1 Å². The molecule has 1 aliphatic carbocycles. The summed E-state index contributed by atoms with van der Waals surface area (Å²) in [5, 5.41) is 10.7. The van der Waals surface area contributed by atoms with E-state index >= 15 is 0 Å². The molecular formula is C36H48N4O6. The molecule has 0 radical (unpaired) electrons. The Labute approximate surface area is 272 Å². The lowest BCUT2D eigenvalue weighted by Gasteiger charge is -2.25. The van der Waals surface area contributed by atoms with Crippen molar-refractivity contribution in [2.24, 2.45) is 5.92 Å². The van der Waals surface area contributed by atoms with Crippen LogP contribution in [0.15, 0.2) is 54.6 Å². The van der Waals surface area contributed by atoms with Crippen molar-refractivity contribution in [3.05, 3.63) is 65.9 Å². The number of nitrogens with one attached hydrogen (secondary N) is 2. The minimum atomic E-state index is -0.408. The monoisotopic (exact) mass is 632 g/mol. The summed E-state index contributed by atoms with van der Waals surface area (Å²) in [6.45, 7) is 6.70. The van der Waals surface area contributed by atoms with Crippen molar-refractivity contribution in [2.45, 2.75) is 90.8 Å². The van der Waals surface area contributed by atoms with Crippen molar-refractivity contribution in [1.29, 1.82) is 0 Å². The van der Waals surface area contributed by atoms with Gasteiger partial charge in [0.1, 0.15) is 18.1 Å². The molecule has 1 fully saturated rings. The molecule has 1 aromatic heterocycles. The number of carbonyl (C=O) groups excluding carboxylic acids is 3. The van der Waals surface area contributed by atoms with Crippen LogP contribution >= 0.6 is 0 Å². The van der Waals surface area contributed by atoms with E-state index in [9.17, 15) is 14.4 Å². The Morgan fingerprint density at radius 1 is 1.00 bits per heavy atom. The summed E-state index contributed by atoms with van der Waals surface area (Å²) in [5.41, 5.74) is 2.82. The minimum Gasteiger partial charge on any atom is -0.496 e. The van der Waals surface area contributed by atoms with E-state index in [2.05, 4.69) is 10.6 Å². The minimum absolute atomic E-state index is 0.0902. The van der Waals surface area contributed by atoms with Gasteiger partial charge in [0.2, 0.25) is 5.91 Å². The normalized spacial score (nSPS) is 14.0. The van der Waals surface area contributed by atoms with E-state index in [1.165, 1.54) is 6.42 Å². The standard InChI is InChI=1S/C36H48N4O6/c1-5-45-34(42)19-20-37-33(41)22-27(21-25(2)3)38-36(43)29-23-30(40(39-29)28-15-10-7-11-16-28)35-31(44-4)17-12-18-32(35)46-24-26-13-8-6-9-14-26/h6,8-9,12-14,17-18,23,25,27-28H,5,7,10-11,15-16,19-22,24H2,1-4H3,(H,37,41)(H,38,43). The summed E-state index contributed by atoms with van der Waals surface area (Å²) in [6.07, 6.45) is 6.10. The summed E-state index contributed by atoms with van der Waals surface area (Å²) in [5.74, 6) is 0.574. The molecular weight excluding hydrogens is 584 g/mol. The lowest BCUT2D eigenvalue weighted by atomic mass is 9.95. The zero-order valence-electron chi connectivity index (χ0n) is 27.6. The van der Waals surface area contributed by atoms with Crippen LogP contribution in [-0.2, 0) is 20.9 Å². The Kier molecular flexibility index (Phi) is 13.0. The predicted molar refractivity (Wildman–Crippen MR) is 177 cm³/mol. The fourth-order valence-corrected chi connectivity index (χ4v) is 5.94. The summed E-state index contributed by atoms with van der Waals surface area (Å²) in [7, 11) is 1.63. The highest BCUT2D eigenvalue weighted by atomic mass is 16.5. The van der Waals surface area contributed by atoms with Gasteiger partial charge in [0.25, 0.3) is 5.91 Å². The highest BCUT2D eigenvalue weighted by Gasteiger charge is 2.28. The summed E-state index contributed by atoms with van der Waals surface area (Å²) in [6, 6.07) is 17.2. The average molecular weight is 633 g/mol. The van der Waals surface area contributed by atoms with E-state index in [-0.39, 0.29) is 54.8 Å². The number of rotatable bonds is 16. The number of carbonyl (C=O) groups is 3. The fourth-order valence-electron chi connectivity index (χ4n) is 5.94. The van der Waals surface area contributed by atoms with Gasteiger partial charge in [-0.1, -0.05) is 69.5 Å². The van der Waals surface area contributed by atoms with Crippen LogP contribution in [0.25, 0.3) is 11.3 Å². The Bertz CT molecular complexity index is 1430. The molecule has 1 heterocycles. The van der Waals surface area contributed by atoms with E-state index in [1.54, 1.807) is 14.0 Å². The van der Waals surface area contributed by atoms with Gasteiger partial charge in [-0.15, -0.1) is 0 Å². The zero-order chi connectivity index (χ0) is 32.9. The van der Waals surface area contributed by atoms with Crippen LogP contribution in [0.1, 0.15) is 94.2 Å². The summed E-state index contributed by atoms with van der Waals surface area (Å²) >= 11 is 0. The third-order valence-electron chi connectivity index (χ3n) is 8.07. The third-order valence-corrected chi connectivity index (χ3v) is 8.07. The first kappa shape index (κ1) is 34.5. The first-order chi connectivity index (χ1) is 22.3. The average Bonchev–Trinajstić information content (AvgIpc) is 3.49. The number of aromatic nitrogens is 2. The maximum Gasteiger partial charge on any atom is 0.307 e. The van der Waals surface area contributed by atoms with Crippen LogP contribution in [-0.4, -0.2) is 53.9 Å². The molecule has 2 aromatic carbocycles. The number of hydrogen-bond acceptors (Lipinski definition) is 7. The van der Waals surface area contributed by atoms with Crippen molar-refractivity contribution < 1.29 is 28.6 Å². The first-order valence-corrected chi connectivity index (χ1v) is 16.5. The van der Waals surface area contributed by atoms with Gasteiger partial charge in [0, 0.05) is 19.0 Å². The molecule has 10 heteroatoms. The van der Waals surface area contributed by atoms with E-state index in [0.717, 1.165) is 42.5 Å². The van der Waals surface area contributed by atoms with E-state index < -0.39 is 6.04 Å². The molecule has 10 nitrogen and oxygen atoms in total. The molecule has 46 heavy (non-hydrogen) atoms. The molecule has 4 rings (SSSR count). The third kappa shape index (κ3) is 9.83. The molecule has 1 saturated carbocycles. The van der Waals surface area contributed by atoms with Crippen LogP contribution < -0.4 is 20.1 Å².